The number of nitrogen functional groups attached to an aromatic ring is 1. The predicted octanol–water partition coefficient (Wildman–Crippen LogP) is 4.41. The molecule has 7 rings (SSSR count). The zero-order chi connectivity index (χ0) is 34.8. The zero-order valence-corrected chi connectivity index (χ0v) is 27.8. The van der Waals surface area contributed by atoms with E-state index in [9.17, 15) is 13.6 Å². The third-order valence-electron chi connectivity index (χ3n) is 9.08. The monoisotopic (exact) mass is 680 g/mol. The van der Waals surface area contributed by atoms with Crippen LogP contribution in [0.3, 0.4) is 0 Å². The molecule has 4 aromatic rings. The van der Waals surface area contributed by atoms with Gasteiger partial charge in [0.05, 0.1) is 12.5 Å². The zero-order valence-electron chi connectivity index (χ0n) is 27.8. The topological polar surface area (TPSA) is 153 Å². The number of alkyl halides is 1. The van der Waals surface area contributed by atoms with Crippen molar-refractivity contribution in [3.8, 4) is 17.4 Å². The van der Waals surface area contributed by atoms with E-state index < -0.39 is 17.8 Å². The summed E-state index contributed by atoms with van der Waals surface area (Å²) in [6.07, 6.45) is 7.69. The van der Waals surface area contributed by atoms with Crippen molar-refractivity contribution < 1.29 is 27.2 Å². The summed E-state index contributed by atoms with van der Waals surface area (Å²) in [7, 11) is 3.15. The molecule has 3 aliphatic rings. The van der Waals surface area contributed by atoms with Crippen LogP contribution in [-0.2, 0) is 4.79 Å². The van der Waals surface area contributed by atoms with Gasteiger partial charge in [0.15, 0.2) is 17.5 Å². The van der Waals surface area contributed by atoms with Crippen molar-refractivity contribution in [3.05, 3.63) is 47.8 Å². The molecule has 0 saturated carbocycles. The molecule has 0 aliphatic carbocycles. The van der Waals surface area contributed by atoms with Crippen LogP contribution in [0.1, 0.15) is 57.2 Å². The van der Waals surface area contributed by atoms with Crippen molar-refractivity contribution in [1.29, 1.82) is 0 Å². The van der Waals surface area contributed by atoms with E-state index >= 15 is 4.39 Å². The molecule has 3 fully saturated rings. The van der Waals surface area contributed by atoms with Gasteiger partial charge in [-0.25, -0.2) is 18.2 Å². The van der Waals surface area contributed by atoms with Gasteiger partial charge in [0.25, 0.3) is 5.89 Å². The SMILES string of the molecule is COc1nc(N(C)C2CCN(C(=O)/C=C/c3nc(C(C)C)no3)C2)c2cnc(-c3nc(N)ccc3F)c(F)c2n1.FC1CC2CCCN2C1. The minimum atomic E-state index is -0.889. The lowest BCUT2D eigenvalue weighted by molar-refractivity contribution is -0.124. The quantitative estimate of drug-likeness (QED) is 0.275. The Labute approximate surface area is 281 Å². The van der Waals surface area contributed by atoms with Crippen LogP contribution < -0.4 is 15.4 Å². The molecular weight excluding hydrogens is 641 g/mol. The highest BCUT2D eigenvalue weighted by Gasteiger charge is 2.35. The molecule has 3 saturated heterocycles. The Morgan fingerprint density at radius 3 is 2.67 bits per heavy atom. The Kier molecular flexibility index (Phi) is 9.94. The summed E-state index contributed by atoms with van der Waals surface area (Å²) in [5, 5.41) is 4.17. The van der Waals surface area contributed by atoms with E-state index in [2.05, 4.69) is 35.0 Å². The number of aromatic nitrogens is 6. The maximum atomic E-state index is 15.7. The lowest BCUT2D eigenvalue weighted by Crippen LogP contribution is -2.36. The highest BCUT2D eigenvalue weighted by atomic mass is 19.1. The molecule has 0 radical (unpaired) electrons. The molecular formula is C33H39F3N10O3. The number of likely N-dealkylation sites (tertiary alicyclic amines) is 1. The lowest BCUT2D eigenvalue weighted by Gasteiger charge is -2.27. The van der Waals surface area contributed by atoms with Crippen molar-refractivity contribution in [2.75, 3.05) is 51.0 Å². The molecule has 16 heteroatoms. The average molecular weight is 681 g/mol. The molecule has 0 bridgehead atoms. The van der Waals surface area contributed by atoms with Crippen LogP contribution in [0.2, 0.25) is 0 Å². The minimum Gasteiger partial charge on any atom is -0.467 e. The van der Waals surface area contributed by atoms with Crippen LogP contribution in [0.4, 0.5) is 24.8 Å². The summed E-state index contributed by atoms with van der Waals surface area (Å²) >= 11 is 0. The van der Waals surface area contributed by atoms with E-state index in [-0.39, 0.29) is 57.9 Å². The Balaban J connectivity index is 0.000000396. The average Bonchev–Trinajstić information content (AvgIpc) is 3.90. The van der Waals surface area contributed by atoms with E-state index in [0.717, 1.165) is 19.0 Å². The van der Waals surface area contributed by atoms with Gasteiger partial charge >= 0.3 is 6.01 Å². The number of rotatable bonds is 7. The molecule has 4 aromatic heterocycles. The number of methoxy groups -OCH3 is 1. The second kappa shape index (κ2) is 14.3. The molecule has 49 heavy (non-hydrogen) atoms. The first-order valence-electron chi connectivity index (χ1n) is 16.3. The van der Waals surface area contributed by atoms with E-state index in [1.54, 1.807) is 11.9 Å². The van der Waals surface area contributed by atoms with E-state index in [0.29, 0.717) is 43.7 Å². The molecule has 0 aromatic carbocycles. The Bertz CT molecular complexity index is 1840. The van der Waals surface area contributed by atoms with Gasteiger partial charge in [-0.3, -0.25) is 14.7 Å². The number of carbonyl (C=O) groups excluding carboxylic acids is 1. The molecule has 0 spiro atoms. The number of anilines is 2. The highest BCUT2D eigenvalue weighted by molar-refractivity contribution is 5.93. The largest absolute Gasteiger partial charge is 0.467 e. The Hall–Kier alpha value is -4.86. The fourth-order valence-electron chi connectivity index (χ4n) is 6.43. The maximum absolute atomic E-state index is 15.7. The summed E-state index contributed by atoms with van der Waals surface area (Å²) in [5.74, 6) is -0.574. The van der Waals surface area contributed by atoms with E-state index in [1.807, 2.05) is 18.7 Å². The van der Waals surface area contributed by atoms with Crippen LogP contribution in [0.25, 0.3) is 28.4 Å². The van der Waals surface area contributed by atoms with Gasteiger partial charge in [0, 0.05) is 63.0 Å². The number of fused-ring (bicyclic) bond motifs is 2. The number of halogens is 3. The van der Waals surface area contributed by atoms with Crippen LogP contribution in [-0.4, -0.2) is 104 Å². The molecule has 260 valence electrons. The summed E-state index contributed by atoms with van der Waals surface area (Å²) in [5.41, 5.74) is 4.90. The molecule has 3 unspecified atom stereocenters. The number of likely N-dealkylation sites (N-methyl/N-ethyl adjacent to an activating group) is 1. The summed E-state index contributed by atoms with van der Waals surface area (Å²) < 4.78 is 53.1. The number of ether oxygens (including phenoxy) is 1. The number of nitrogens with two attached hydrogens (primary N) is 1. The van der Waals surface area contributed by atoms with Gasteiger partial charge in [-0.1, -0.05) is 19.0 Å². The van der Waals surface area contributed by atoms with Crippen molar-refractivity contribution in [3.63, 3.8) is 0 Å². The first kappa shape index (κ1) is 34.0. The summed E-state index contributed by atoms with van der Waals surface area (Å²) in [6, 6.07) is 2.75. The molecule has 3 atom stereocenters. The smallest absolute Gasteiger partial charge is 0.318 e. The van der Waals surface area contributed by atoms with Crippen LogP contribution >= 0.6 is 0 Å². The fraction of sp³-hybridized carbons (Fsp3) is 0.485. The van der Waals surface area contributed by atoms with Crippen molar-refractivity contribution in [1.82, 2.24) is 39.9 Å². The third-order valence-corrected chi connectivity index (χ3v) is 9.08. The second-order valence-corrected chi connectivity index (χ2v) is 12.7. The number of nitrogens with zero attached hydrogens (tertiary/aromatic N) is 9. The molecule has 1 amide bonds. The van der Waals surface area contributed by atoms with E-state index in [4.69, 9.17) is 15.0 Å². The predicted molar refractivity (Wildman–Crippen MR) is 176 cm³/mol. The number of pyridine rings is 2. The van der Waals surface area contributed by atoms with Crippen LogP contribution in [0, 0.1) is 11.6 Å². The maximum Gasteiger partial charge on any atom is 0.318 e. The van der Waals surface area contributed by atoms with Gasteiger partial charge < -0.3 is 24.8 Å². The van der Waals surface area contributed by atoms with Crippen molar-refractivity contribution in [2.45, 2.75) is 63.7 Å². The Morgan fingerprint density at radius 2 is 1.94 bits per heavy atom. The minimum absolute atomic E-state index is 0.0194. The van der Waals surface area contributed by atoms with Crippen LogP contribution in [0.5, 0.6) is 6.01 Å². The van der Waals surface area contributed by atoms with Gasteiger partial charge in [0.2, 0.25) is 5.91 Å². The number of amides is 1. The van der Waals surface area contributed by atoms with Gasteiger partial charge in [-0.15, -0.1) is 0 Å². The molecule has 2 N–H and O–H groups in total. The van der Waals surface area contributed by atoms with Gasteiger partial charge in [-0.2, -0.15) is 15.0 Å². The van der Waals surface area contributed by atoms with Crippen molar-refractivity contribution in [2.24, 2.45) is 0 Å². The third kappa shape index (κ3) is 7.28. The molecule has 3 aliphatic heterocycles. The number of hydrogen-bond acceptors (Lipinski definition) is 12. The molecule has 7 heterocycles. The highest BCUT2D eigenvalue weighted by Crippen LogP contribution is 2.34. The number of hydrogen-bond donors (Lipinski definition) is 1. The fourth-order valence-corrected chi connectivity index (χ4v) is 6.43. The summed E-state index contributed by atoms with van der Waals surface area (Å²) in [6.45, 7) is 6.63. The normalized spacial score (nSPS) is 20.7. The Morgan fingerprint density at radius 1 is 1.12 bits per heavy atom. The standard InChI is InChI=1S/C26H27F2N9O3.C7H12FN/c1-13(2)24-32-18(40-35-24)7-8-19(38)37-10-9-14(12-37)36(3)25-15-11-30-23(22-16(27)5-6-17(29)31-22)20(28)21(15)33-26(34-25)39-4;8-6-4-7-2-1-3-9(7)5-6/h5-8,11,13-14H,9-10,12H2,1-4H3,(H2,29,31);6-7H,1-5H2/b8-7+;. The van der Waals surface area contributed by atoms with Gasteiger partial charge in [-0.05, 0) is 44.4 Å². The number of carbonyl (C=O) groups is 1. The summed E-state index contributed by atoms with van der Waals surface area (Å²) in [4.78, 5) is 39.5. The first-order valence-corrected chi connectivity index (χ1v) is 16.3. The van der Waals surface area contributed by atoms with Crippen molar-refractivity contribution >= 4 is 34.5 Å². The lowest BCUT2D eigenvalue weighted by atomic mass is 10.1. The second-order valence-electron chi connectivity index (χ2n) is 12.7. The van der Waals surface area contributed by atoms with Crippen LogP contribution in [0.15, 0.2) is 28.9 Å². The first-order chi connectivity index (χ1) is 23.5. The van der Waals surface area contributed by atoms with Gasteiger partial charge in [0.1, 0.15) is 34.7 Å². The van der Waals surface area contributed by atoms with E-state index in [1.165, 1.54) is 44.4 Å². The molecule has 13 nitrogen and oxygen atoms in total.